The van der Waals surface area contributed by atoms with Crippen LogP contribution in [0, 0.1) is 0 Å². The smallest absolute Gasteiger partial charge is 0.328 e. The lowest BCUT2D eigenvalue weighted by Gasteiger charge is -2.08. The van der Waals surface area contributed by atoms with E-state index in [1.807, 2.05) is 6.92 Å². The van der Waals surface area contributed by atoms with Crippen LogP contribution >= 0.6 is 11.6 Å². The van der Waals surface area contributed by atoms with Crippen LogP contribution in [0.4, 0.5) is 0 Å². The maximum absolute atomic E-state index is 12.1. The molecular formula is C14H18ClNO4S. The molecule has 0 amide bonds. The van der Waals surface area contributed by atoms with Gasteiger partial charge < -0.3 is 5.11 Å². The average Bonchev–Trinajstić information content (AvgIpc) is 2.41. The molecule has 0 heterocycles. The van der Waals surface area contributed by atoms with Crippen molar-refractivity contribution < 1.29 is 18.3 Å². The fourth-order valence-electron chi connectivity index (χ4n) is 1.67. The third kappa shape index (κ3) is 5.87. The normalized spacial score (nSPS) is 11.9. The van der Waals surface area contributed by atoms with Gasteiger partial charge in [-0.2, -0.15) is 0 Å². The largest absolute Gasteiger partial charge is 0.478 e. The van der Waals surface area contributed by atoms with Gasteiger partial charge in [0.2, 0.25) is 10.0 Å². The maximum Gasteiger partial charge on any atom is 0.328 e. The molecule has 0 aliphatic rings. The second-order valence-electron chi connectivity index (χ2n) is 4.47. The summed E-state index contributed by atoms with van der Waals surface area (Å²) >= 11 is 5.97. The minimum Gasteiger partial charge on any atom is -0.478 e. The Labute approximate surface area is 129 Å². The number of hydrogen-bond donors (Lipinski definition) is 2. The number of benzene rings is 1. The Kier molecular flexibility index (Phi) is 6.87. The summed E-state index contributed by atoms with van der Waals surface area (Å²) in [5.41, 5.74) is 0.521. The van der Waals surface area contributed by atoms with Gasteiger partial charge in [0.25, 0.3) is 0 Å². The molecule has 0 aromatic heterocycles. The third-order valence-electron chi connectivity index (χ3n) is 2.74. The number of hydrogen-bond acceptors (Lipinski definition) is 3. The van der Waals surface area contributed by atoms with Gasteiger partial charge >= 0.3 is 5.97 Å². The van der Waals surface area contributed by atoms with Crippen LogP contribution in [0.5, 0.6) is 0 Å². The van der Waals surface area contributed by atoms with Gasteiger partial charge in [-0.05, 0) is 30.2 Å². The molecule has 0 unspecified atom stereocenters. The molecule has 21 heavy (non-hydrogen) atoms. The molecule has 1 aromatic rings. The Hall–Kier alpha value is -1.37. The van der Waals surface area contributed by atoms with E-state index >= 15 is 0 Å². The van der Waals surface area contributed by atoms with Gasteiger partial charge in [0.1, 0.15) is 4.90 Å². The highest BCUT2D eigenvalue weighted by Crippen LogP contribution is 2.23. The monoisotopic (exact) mass is 331 g/mol. The Bertz CT molecular complexity index is 626. The summed E-state index contributed by atoms with van der Waals surface area (Å²) in [6.07, 6.45) is 5.04. The van der Waals surface area contributed by atoms with Crippen LogP contribution in [0.3, 0.4) is 0 Å². The summed E-state index contributed by atoms with van der Waals surface area (Å²) < 4.78 is 26.7. The van der Waals surface area contributed by atoms with Crippen LogP contribution < -0.4 is 4.72 Å². The zero-order valence-corrected chi connectivity index (χ0v) is 13.2. The molecule has 0 fully saturated rings. The first-order chi connectivity index (χ1) is 9.86. The van der Waals surface area contributed by atoms with Crippen LogP contribution in [-0.4, -0.2) is 26.0 Å². The molecule has 0 saturated heterocycles. The quantitative estimate of drug-likeness (QED) is 0.566. The van der Waals surface area contributed by atoms with E-state index in [-0.39, 0.29) is 9.92 Å². The van der Waals surface area contributed by atoms with Crippen molar-refractivity contribution in [1.29, 1.82) is 0 Å². The minimum absolute atomic E-state index is 0.00635. The van der Waals surface area contributed by atoms with Crippen molar-refractivity contribution >= 4 is 33.7 Å². The summed E-state index contributed by atoms with van der Waals surface area (Å²) in [6.45, 7) is 2.40. The number of aliphatic carboxylic acids is 1. The number of carbonyl (C=O) groups is 1. The van der Waals surface area contributed by atoms with E-state index in [0.29, 0.717) is 12.1 Å². The first-order valence-electron chi connectivity index (χ1n) is 6.57. The van der Waals surface area contributed by atoms with Crippen molar-refractivity contribution in [3.8, 4) is 0 Å². The minimum atomic E-state index is -3.64. The van der Waals surface area contributed by atoms with E-state index in [2.05, 4.69) is 4.72 Å². The van der Waals surface area contributed by atoms with Gasteiger partial charge in [-0.3, -0.25) is 0 Å². The van der Waals surface area contributed by atoms with Crippen LogP contribution in [0.2, 0.25) is 5.02 Å². The van der Waals surface area contributed by atoms with Crippen LogP contribution in [0.25, 0.3) is 6.08 Å². The lowest BCUT2D eigenvalue weighted by atomic mass is 10.2. The first kappa shape index (κ1) is 17.7. The summed E-state index contributed by atoms with van der Waals surface area (Å²) in [5, 5.41) is 8.60. The second kappa shape index (κ2) is 8.17. The predicted molar refractivity (Wildman–Crippen MR) is 82.8 cm³/mol. The van der Waals surface area contributed by atoms with E-state index in [0.717, 1.165) is 25.3 Å². The van der Waals surface area contributed by atoms with Crippen molar-refractivity contribution in [3.05, 3.63) is 34.9 Å². The van der Waals surface area contributed by atoms with Crippen LogP contribution in [0.15, 0.2) is 29.2 Å². The lowest BCUT2D eigenvalue weighted by Crippen LogP contribution is -2.25. The topological polar surface area (TPSA) is 83.5 Å². The van der Waals surface area contributed by atoms with E-state index in [1.54, 1.807) is 0 Å². The van der Waals surface area contributed by atoms with Crippen molar-refractivity contribution in [2.24, 2.45) is 0 Å². The van der Waals surface area contributed by atoms with Crippen LogP contribution in [-0.2, 0) is 14.8 Å². The number of carboxylic acid groups (broad SMARTS) is 1. The maximum atomic E-state index is 12.1. The van der Waals surface area contributed by atoms with E-state index < -0.39 is 16.0 Å². The SMILES string of the molecule is CCCCCNS(=O)(=O)c1ccc(C=CC(=O)O)cc1Cl. The molecule has 0 saturated carbocycles. The molecule has 0 aliphatic carbocycles. The molecule has 0 spiro atoms. The molecule has 7 heteroatoms. The zero-order valence-electron chi connectivity index (χ0n) is 11.7. The van der Waals surface area contributed by atoms with Gasteiger partial charge in [0, 0.05) is 12.6 Å². The fourth-order valence-corrected chi connectivity index (χ4v) is 3.29. The van der Waals surface area contributed by atoms with Crippen molar-refractivity contribution in [1.82, 2.24) is 4.72 Å². The highest BCUT2D eigenvalue weighted by atomic mass is 35.5. The summed E-state index contributed by atoms with van der Waals surface area (Å²) in [5.74, 6) is -1.08. The van der Waals surface area contributed by atoms with Gasteiger partial charge in [-0.25, -0.2) is 17.9 Å². The molecule has 0 aliphatic heterocycles. The molecule has 2 N–H and O–H groups in total. The number of unbranched alkanes of at least 4 members (excludes halogenated alkanes) is 2. The van der Waals surface area contributed by atoms with Gasteiger partial charge in [-0.15, -0.1) is 0 Å². The molecular weight excluding hydrogens is 314 g/mol. The molecule has 0 atom stereocenters. The Balaban J connectivity index is 2.86. The first-order valence-corrected chi connectivity index (χ1v) is 8.43. The van der Waals surface area contributed by atoms with Gasteiger partial charge in [-0.1, -0.05) is 37.4 Å². The molecule has 1 rings (SSSR count). The third-order valence-corrected chi connectivity index (χ3v) is 4.68. The van der Waals surface area contributed by atoms with Crippen molar-refractivity contribution in [3.63, 3.8) is 0 Å². The van der Waals surface area contributed by atoms with E-state index in [4.69, 9.17) is 16.7 Å². The Morgan fingerprint density at radius 3 is 2.67 bits per heavy atom. The van der Waals surface area contributed by atoms with Gasteiger partial charge in [0.05, 0.1) is 5.02 Å². The molecule has 1 aromatic carbocycles. The Morgan fingerprint density at radius 1 is 1.38 bits per heavy atom. The highest BCUT2D eigenvalue weighted by Gasteiger charge is 2.17. The number of rotatable bonds is 8. The van der Waals surface area contributed by atoms with Crippen molar-refractivity contribution in [2.45, 2.75) is 31.1 Å². The van der Waals surface area contributed by atoms with Crippen molar-refractivity contribution in [2.75, 3.05) is 6.54 Å². The molecule has 0 bridgehead atoms. The zero-order chi connectivity index (χ0) is 15.9. The lowest BCUT2D eigenvalue weighted by molar-refractivity contribution is -0.131. The summed E-state index contributed by atoms with van der Waals surface area (Å²) in [4.78, 5) is 10.4. The molecule has 5 nitrogen and oxygen atoms in total. The number of nitrogens with one attached hydrogen (secondary N) is 1. The standard InChI is InChI=1S/C14H18ClNO4S/c1-2-3-4-9-16-21(19,20)13-7-5-11(10-12(13)15)6-8-14(17)18/h5-8,10,16H,2-4,9H2,1H3,(H,17,18). The van der Waals surface area contributed by atoms with Crippen LogP contribution in [0.1, 0.15) is 31.7 Å². The molecule has 0 radical (unpaired) electrons. The summed E-state index contributed by atoms with van der Waals surface area (Å²) in [6, 6.07) is 4.29. The molecule has 116 valence electrons. The van der Waals surface area contributed by atoms with E-state index in [1.165, 1.54) is 24.3 Å². The van der Waals surface area contributed by atoms with Gasteiger partial charge in [0.15, 0.2) is 0 Å². The van der Waals surface area contributed by atoms with E-state index in [9.17, 15) is 13.2 Å². The number of halogens is 1. The highest BCUT2D eigenvalue weighted by molar-refractivity contribution is 7.89. The Morgan fingerprint density at radius 2 is 2.10 bits per heavy atom. The average molecular weight is 332 g/mol. The predicted octanol–water partition coefficient (Wildman–Crippen LogP) is 2.91. The number of carboxylic acids is 1. The second-order valence-corrected chi connectivity index (χ2v) is 6.61. The summed E-state index contributed by atoms with van der Waals surface area (Å²) in [7, 11) is -3.64. The fraction of sp³-hybridized carbons (Fsp3) is 0.357. The number of sulfonamides is 1.